The Kier molecular flexibility index (Phi) is 6.03. The van der Waals surface area contributed by atoms with Crippen molar-refractivity contribution < 1.29 is 13.5 Å². The zero-order valence-electron chi connectivity index (χ0n) is 14.8. The Labute approximate surface area is 150 Å². The molecule has 0 radical (unpaired) electrons. The monoisotopic (exact) mass is 366 g/mol. The average molecular weight is 366 g/mol. The molecule has 8 heteroatoms. The largest absolute Gasteiger partial charge is 0.435 e. The van der Waals surface area contributed by atoms with Gasteiger partial charge in [0.05, 0.1) is 6.54 Å². The number of piperidine rings is 1. The molecule has 0 amide bonds. The Morgan fingerprint density at radius 3 is 2.81 bits per heavy atom. The highest BCUT2D eigenvalue weighted by Gasteiger charge is 2.19. The summed E-state index contributed by atoms with van der Waals surface area (Å²) in [6.07, 6.45) is 2.95. The Balaban J connectivity index is 1.78. The summed E-state index contributed by atoms with van der Waals surface area (Å²) in [6, 6.07) is 6.37. The summed E-state index contributed by atoms with van der Waals surface area (Å²) in [7, 11) is 0. The van der Waals surface area contributed by atoms with Crippen LogP contribution in [0, 0.1) is 5.92 Å². The molecule has 26 heavy (non-hydrogen) atoms. The number of aromatic nitrogens is 3. The number of hydrogen-bond donors (Lipinski definition) is 1. The Morgan fingerprint density at radius 1 is 1.35 bits per heavy atom. The van der Waals surface area contributed by atoms with Crippen LogP contribution in [0.5, 0.6) is 5.75 Å². The standard InChI is InChI=1S/C18H24F2N4O2/c1-2-23-16(11-13-6-8-21-9-7-13)22-24(18(23)25)12-14-4-3-5-15(10-14)26-17(19)20/h3-5,10,13,17,21H,2,6-9,11-12H2,1H3. The normalized spacial score (nSPS) is 15.5. The third-order valence-corrected chi connectivity index (χ3v) is 4.70. The summed E-state index contributed by atoms with van der Waals surface area (Å²) in [5.74, 6) is 1.40. The van der Waals surface area contributed by atoms with Crippen molar-refractivity contribution in [1.82, 2.24) is 19.7 Å². The second kappa shape index (κ2) is 8.44. The van der Waals surface area contributed by atoms with Gasteiger partial charge in [-0.1, -0.05) is 12.1 Å². The van der Waals surface area contributed by atoms with Crippen molar-refractivity contribution in [2.75, 3.05) is 13.1 Å². The number of halogens is 2. The van der Waals surface area contributed by atoms with Crippen LogP contribution < -0.4 is 15.7 Å². The van der Waals surface area contributed by atoms with E-state index in [4.69, 9.17) is 0 Å². The molecule has 1 saturated heterocycles. The average Bonchev–Trinajstić information content (AvgIpc) is 2.90. The van der Waals surface area contributed by atoms with E-state index in [2.05, 4.69) is 15.2 Å². The highest BCUT2D eigenvalue weighted by Crippen LogP contribution is 2.18. The van der Waals surface area contributed by atoms with Gasteiger partial charge in [-0.2, -0.15) is 13.9 Å². The summed E-state index contributed by atoms with van der Waals surface area (Å²) < 4.78 is 32.3. The van der Waals surface area contributed by atoms with Gasteiger partial charge in [-0.25, -0.2) is 9.48 Å². The lowest BCUT2D eigenvalue weighted by Gasteiger charge is -2.21. The number of alkyl halides is 2. The van der Waals surface area contributed by atoms with Crippen LogP contribution >= 0.6 is 0 Å². The molecule has 142 valence electrons. The lowest BCUT2D eigenvalue weighted by molar-refractivity contribution is -0.0498. The molecule has 2 heterocycles. The van der Waals surface area contributed by atoms with Gasteiger partial charge in [0.15, 0.2) is 0 Å². The maximum absolute atomic E-state index is 12.6. The molecular formula is C18H24F2N4O2. The molecule has 0 unspecified atom stereocenters. The number of ether oxygens (including phenoxy) is 1. The van der Waals surface area contributed by atoms with Gasteiger partial charge in [-0.05, 0) is 56.5 Å². The zero-order chi connectivity index (χ0) is 18.5. The van der Waals surface area contributed by atoms with Crippen LogP contribution in [0.1, 0.15) is 31.2 Å². The van der Waals surface area contributed by atoms with Gasteiger partial charge < -0.3 is 10.1 Å². The van der Waals surface area contributed by atoms with E-state index >= 15 is 0 Å². The van der Waals surface area contributed by atoms with E-state index in [9.17, 15) is 13.6 Å². The fourth-order valence-corrected chi connectivity index (χ4v) is 3.39. The minimum Gasteiger partial charge on any atom is -0.435 e. The number of nitrogens with zero attached hydrogens (tertiary/aromatic N) is 3. The third kappa shape index (κ3) is 4.49. The summed E-state index contributed by atoms with van der Waals surface area (Å²) in [5, 5.41) is 7.86. The van der Waals surface area contributed by atoms with Gasteiger partial charge in [-0.3, -0.25) is 4.57 Å². The predicted octanol–water partition coefficient (Wildman–Crippen LogP) is 2.26. The number of hydrogen-bond acceptors (Lipinski definition) is 4. The van der Waals surface area contributed by atoms with Gasteiger partial charge in [0.2, 0.25) is 0 Å². The van der Waals surface area contributed by atoms with Crippen molar-refractivity contribution in [2.45, 2.75) is 45.9 Å². The minimum atomic E-state index is -2.87. The molecule has 0 saturated carbocycles. The van der Waals surface area contributed by atoms with Crippen LogP contribution in [0.4, 0.5) is 8.78 Å². The van der Waals surface area contributed by atoms with E-state index in [0.717, 1.165) is 38.2 Å². The van der Waals surface area contributed by atoms with Crippen LogP contribution in [-0.2, 0) is 19.5 Å². The minimum absolute atomic E-state index is 0.0791. The molecular weight excluding hydrogens is 342 g/mol. The molecule has 3 rings (SSSR count). The Morgan fingerprint density at radius 2 is 2.12 bits per heavy atom. The van der Waals surface area contributed by atoms with Crippen LogP contribution in [-0.4, -0.2) is 34.0 Å². The Bertz CT molecular complexity index is 782. The number of benzene rings is 1. The van der Waals surface area contributed by atoms with Gasteiger partial charge in [0, 0.05) is 13.0 Å². The second-order valence-corrected chi connectivity index (χ2v) is 6.52. The topological polar surface area (TPSA) is 61.1 Å². The summed E-state index contributed by atoms with van der Waals surface area (Å²) in [6.45, 7) is 1.84. The molecule has 1 aliphatic rings. The molecule has 6 nitrogen and oxygen atoms in total. The van der Waals surface area contributed by atoms with Gasteiger partial charge in [0.1, 0.15) is 11.6 Å². The first-order valence-electron chi connectivity index (χ1n) is 8.97. The van der Waals surface area contributed by atoms with Crippen molar-refractivity contribution in [3.05, 3.63) is 46.1 Å². The van der Waals surface area contributed by atoms with Crippen molar-refractivity contribution in [1.29, 1.82) is 0 Å². The van der Waals surface area contributed by atoms with E-state index in [1.54, 1.807) is 16.7 Å². The van der Waals surface area contributed by atoms with Crippen molar-refractivity contribution in [3.63, 3.8) is 0 Å². The third-order valence-electron chi connectivity index (χ3n) is 4.70. The van der Waals surface area contributed by atoms with Gasteiger partial charge >= 0.3 is 12.3 Å². The highest BCUT2D eigenvalue weighted by atomic mass is 19.3. The van der Waals surface area contributed by atoms with Crippen molar-refractivity contribution >= 4 is 0 Å². The van der Waals surface area contributed by atoms with Crippen molar-refractivity contribution in [3.8, 4) is 5.75 Å². The molecule has 1 fully saturated rings. The van der Waals surface area contributed by atoms with Gasteiger partial charge in [-0.15, -0.1) is 0 Å². The van der Waals surface area contributed by atoms with Crippen LogP contribution in [0.25, 0.3) is 0 Å². The molecule has 1 aromatic carbocycles. The first-order valence-corrected chi connectivity index (χ1v) is 8.97. The number of nitrogens with one attached hydrogen (secondary N) is 1. The van der Waals surface area contributed by atoms with E-state index in [0.29, 0.717) is 18.0 Å². The SMILES string of the molecule is CCn1c(CC2CCNCC2)nn(Cc2cccc(OC(F)F)c2)c1=O. The zero-order valence-corrected chi connectivity index (χ0v) is 14.8. The fourth-order valence-electron chi connectivity index (χ4n) is 3.39. The molecule has 1 N–H and O–H groups in total. The maximum Gasteiger partial charge on any atom is 0.387 e. The van der Waals surface area contributed by atoms with Crippen LogP contribution in [0.2, 0.25) is 0 Å². The second-order valence-electron chi connectivity index (χ2n) is 6.52. The van der Waals surface area contributed by atoms with E-state index in [-0.39, 0.29) is 18.0 Å². The molecule has 0 aliphatic carbocycles. The molecule has 0 spiro atoms. The quantitative estimate of drug-likeness (QED) is 0.817. The van der Waals surface area contributed by atoms with Gasteiger partial charge in [0.25, 0.3) is 0 Å². The molecule has 0 bridgehead atoms. The van der Waals surface area contributed by atoms with Crippen LogP contribution in [0.15, 0.2) is 29.1 Å². The van der Waals surface area contributed by atoms with E-state index < -0.39 is 6.61 Å². The molecule has 2 aromatic rings. The van der Waals surface area contributed by atoms with E-state index in [1.807, 2.05) is 6.92 Å². The lowest BCUT2D eigenvalue weighted by Crippen LogP contribution is -2.30. The maximum atomic E-state index is 12.6. The lowest BCUT2D eigenvalue weighted by atomic mass is 9.94. The summed E-state index contributed by atoms with van der Waals surface area (Å²) >= 11 is 0. The van der Waals surface area contributed by atoms with Crippen molar-refractivity contribution in [2.24, 2.45) is 5.92 Å². The number of rotatable bonds is 7. The predicted molar refractivity (Wildman–Crippen MR) is 93.6 cm³/mol. The molecule has 1 aromatic heterocycles. The Hall–Kier alpha value is -2.22. The van der Waals surface area contributed by atoms with E-state index in [1.165, 1.54) is 16.8 Å². The first kappa shape index (κ1) is 18.6. The summed E-state index contributed by atoms with van der Waals surface area (Å²) in [5.41, 5.74) is 0.524. The first-order chi connectivity index (χ1) is 12.6. The molecule has 0 atom stereocenters. The summed E-state index contributed by atoms with van der Waals surface area (Å²) in [4.78, 5) is 12.6. The van der Waals surface area contributed by atoms with Crippen LogP contribution in [0.3, 0.4) is 0 Å². The smallest absolute Gasteiger partial charge is 0.387 e. The fraction of sp³-hybridized carbons (Fsp3) is 0.556. The molecule has 1 aliphatic heterocycles. The highest BCUT2D eigenvalue weighted by molar-refractivity contribution is 5.28.